The standard InChI is InChI=1S/C22H20N2O3/c1-16-7-10-19(11-8-16)22(25)23-14-13-17-9-12-20(21(15-17)24(26)27)18-5-3-2-4-6-18/h2-12,15H,13-14H2,1H3,(H,23,25). The van der Waals surface area contributed by atoms with Crippen LogP contribution in [0.25, 0.3) is 11.1 Å². The van der Waals surface area contributed by atoms with Crippen molar-refractivity contribution >= 4 is 11.6 Å². The van der Waals surface area contributed by atoms with E-state index in [1.165, 1.54) is 0 Å². The number of nitro groups is 1. The van der Waals surface area contributed by atoms with Crippen molar-refractivity contribution in [1.29, 1.82) is 0 Å². The number of nitro benzene ring substituents is 1. The summed E-state index contributed by atoms with van der Waals surface area (Å²) >= 11 is 0. The number of hydrogen-bond acceptors (Lipinski definition) is 3. The molecule has 0 unspecified atom stereocenters. The van der Waals surface area contributed by atoms with Gasteiger partial charge in [-0.15, -0.1) is 0 Å². The maximum absolute atomic E-state index is 12.1. The Morgan fingerprint density at radius 2 is 1.70 bits per heavy atom. The zero-order valence-corrected chi connectivity index (χ0v) is 15.0. The first-order valence-corrected chi connectivity index (χ1v) is 8.72. The quantitative estimate of drug-likeness (QED) is 0.518. The molecule has 1 N–H and O–H groups in total. The van der Waals surface area contributed by atoms with Crippen LogP contribution in [0.2, 0.25) is 0 Å². The van der Waals surface area contributed by atoms with Gasteiger partial charge in [0.05, 0.1) is 10.5 Å². The number of nitrogens with zero attached hydrogens (tertiary/aromatic N) is 1. The molecule has 3 rings (SSSR count). The highest BCUT2D eigenvalue weighted by Gasteiger charge is 2.16. The van der Waals surface area contributed by atoms with Gasteiger partial charge >= 0.3 is 0 Å². The molecule has 0 heterocycles. The zero-order chi connectivity index (χ0) is 19.2. The second-order valence-corrected chi connectivity index (χ2v) is 6.35. The minimum atomic E-state index is -0.364. The number of rotatable bonds is 6. The van der Waals surface area contributed by atoms with Crippen molar-refractivity contribution in [2.24, 2.45) is 0 Å². The summed E-state index contributed by atoms with van der Waals surface area (Å²) in [7, 11) is 0. The smallest absolute Gasteiger partial charge is 0.277 e. The number of amides is 1. The number of benzene rings is 3. The molecule has 27 heavy (non-hydrogen) atoms. The Bertz CT molecular complexity index is 951. The molecule has 3 aromatic rings. The molecule has 1 amide bonds. The van der Waals surface area contributed by atoms with Gasteiger partial charge in [0.1, 0.15) is 0 Å². The lowest BCUT2D eigenvalue weighted by atomic mass is 10.0. The van der Waals surface area contributed by atoms with E-state index < -0.39 is 0 Å². The highest BCUT2D eigenvalue weighted by molar-refractivity contribution is 5.94. The summed E-state index contributed by atoms with van der Waals surface area (Å²) in [6, 6.07) is 21.9. The molecule has 5 heteroatoms. The van der Waals surface area contributed by atoms with Crippen molar-refractivity contribution in [3.8, 4) is 11.1 Å². The van der Waals surface area contributed by atoms with Crippen molar-refractivity contribution in [3.05, 3.63) is 99.6 Å². The molecule has 0 saturated heterocycles. The van der Waals surface area contributed by atoms with E-state index in [1.54, 1.807) is 24.3 Å². The van der Waals surface area contributed by atoms with Crippen LogP contribution >= 0.6 is 0 Å². The van der Waals surface area contributed by atoms with Crippen LogP contribution in [0.15, 0.2) is 72.8 Å². The molecular formula is C22H20N2O3. The van der Waals surface area contributed by atoms with Crippen LogP contribution in [-0.4, -0.2) is 17.4 Å². The normalized spacial score (nSPS) is 10.4. The third-order valence-corrected chi connectivity index (χ3v) is 4.36. The second kappa shape index (κ2) is 8.27. The predicted octanol–water partition coefficient (Wildman–Crippen LogP) is 4.54. The van der Waals surface area contributed by atoms with E-state index in [0.717, 1.165) is 16.7 Å². The molecule has 0 aliphatic carbocycles. The number of carbonyl (C=O) groups excluding carboxylic acids is 1. The average molecular weight is 360 g/mol. The summed E-state index contributed by atoms with van der Waals surface area (Å²) in [6.07, 6.45) is 0.521. The molecule has 0 bridgehead atoms. The van der Waals surface area contributed by atoms with E-state index in [4.69, 9.17) is 0 Å². The van der Waals surface area contributed by atoms with Crippen LogP contribution in [0, 0.1) is 17.0 Å². The Morgan fingerprint density at radius 3 is 2.37 bits per heavy atom. The van der Waals surface area contributed by atoms with Gasteiger partial charge in [0.25, 0.3) is 11.6 Å². The van der Waals surface area contributed by atoms with Crippen molar-refractivity contribution in [2.45, 2.75) is 13.3 Å². The van der Waals surface area contributed by atoms with E-state index >= 15 is 0 Å². The first-order valence-electron chi connectivity index (χ1n) is 8.72. The summed E-state index contributed by atoms with van der Waals surface area (Å²) < 4.78 is 0. The highest BCUT2D eigenvalue weighted by atomic mass is 16.6. The van der Waals surface area contributed by atoms with Gasteiger partial charge in [0, 0.05) is 18.2 Å². The number of nitrogens with one attached hydrogen (secondary N) is 1. The van der Waals surface area contributed by atoms with Crippen LogP contribution in [0.3, 0.4) is 0 Å². The molecule has 0 saturated carbocycles. The van der Waals surface area contributed by atoms with Gasteiger partial charge in [-0.2, -0.15) is 0 Å². The lowest BCUT2D eigenvalue weighted by Crippen LogP contribution is -2.25. The lowest BCUT2D eigenvalue weighted by molar-refractivity contribution is -0.384. The van der Waals surface area contributed by atoms with Gasteiger partial charge in [0.2, 0.25) is 0 Å². The second-order valence-electron chi connectivity index (χ2n) is 6.35. The van der Waals surface area contributed by atoms with Crippen molar-refractivity contribution in [2.75, 3.05) is 6.54 Å². The summed E-state index contributed by atoms with van der Waals surface area (Å²) in [4.78, 5) is 23.3. The van der Waals surface area contributed by atoms with Crippen molar-refractivity contribution < 1.29 is 9.72 Å². The zero-order valence-electron chi connectivity index (χ0n) is 15.0. The third-order valence-electron chi connectivity index (χ3n) is 4.36. The first-order chi connectivity index (χ1) is 13.0. The molecule has 0 atom stereocenters. The first kappa shape index (κ1) is 18.3. The monoisotopic (exact) mass is 360 g/mol. The average Bonchev–Trinajstić information content (AvgIpc) is 2.69. The topological polar surface area (TPSA) is 72.2 Å². The van der Waals surface area contributed by atoms with E-state index in [2.05, 4.69) is 5.32 Å². The van der Waals surface area contributed by atoms with Crippen LogP contribution in [0.4, 0.5) is 5.69 Å². The lowest BCUT2D eigenvalue weighted by Gasteiger charge is -2.08. The summed E-state index contributed by atoms with van der Waals surface area (Å²) in [6.45, 7) is 2.38. The molecule has 0 spiro atoms. The van der Waals surface area contributed by atoms with Gasteiger partial charge in [-0.25, -0.2) is 0 Å². The molecule has 136 valence electrons. The van der Waals surface area contributed by atoms with Crippen LogP contribution in [0.1, 0.15) is 21.5 Å². The van der Waals surface area contributed by atoms with E-state index in [0.29, 0.717) is 24.1 Å². The molecule has 0 aliphatic heterocycles. The highest BCUT2D eigenvalue weighted by Crippen LogP contribution is 2.30. The van der Waals surface area contributed by atoms with Crippen LogP contribution in [0.5, 0.6) is 0 Å². The SMILES string of the molecule is Cc1ccc(C(=O)NCCc2ccc(-c3ccccc3)c([N+](=O)[O-])c2)cc1. The van der Waals surface area contributed by atoms with Crippen LogP contribution in [-0.2, 0) is 6.42 Å². The maximum Gasteiger partial charge on any atom is 0.277 e. The van der Waals surface area contributed by atoms with Gasteiger partial charge in [-0.3, -0.25) is 14.9 Å². The minimum absolute atomic E-state index is 0.0727. The Labute approximate surface area is 157 Å². The summed E-state index contributed by atoms with van der Waals surface area (Å²) in [5.74, 6) is -0.148. The minimum Gasteiger partial charge on any atom is -0.352 e. The Morgan fingerprint density at radius 1 is 1.00 bits per heavy atom. The maximum atomic E-state index is 12.1. The molecule has 0 aliphatic rings. The predicted molar refractivity (Wildman–Crippen MR) is 106 cm³/mol. The molecule has 0 aromatic heterocycles. The van der Waals surface area contributed by atoms with E-state index in [-0.39, 0.29) is 16.5 Å². The van der Waals surface area contributed by atoms with E-state index in [1.807, 2.05) is 55.5 Å². The molecule has 0 radical (unpaired) electrons. The largest absolute Gasteiger partial charge is 0.352 e. The fraction of sp³-hybridized carbons (Fsp3) is 0.136. The van der Waals surface area contributed by atoms with Gasteiger partial charge < -0.3 is 5.32 Å². The Hall–Kier alpha value is -3.47. The van der Waals surface area contributed by atoms with Crippen molar-refractivity contribution in [3.63, 3.8) is 0 Å². The molecule has 5 nitrogen and oxygen atoms in total. The molecular weight excluding hydrogens is 340 g/mol. The Balaban J connectivity index is 1.69. The summed E-state index contributed by atoms with van der Waals surface area (Å²) in [5, 5.41) is 14.3. The van der Waals surface area contributed by atoms with Gasteiger partial charge in [0.15, 0.2) is 0 Å². The van der Waals surface area contributed by atoms with Gasteiger partial charge in [-0.05, 0) is 42.7 Å². The fourth-order valence-electron chi connectivity index (χ4n) is 2.87. The number of hydrogen-bond donors (Lipinski definition) is 1. The molecule has 0 fully saturated rings. The fourth-order valence-corrected chi connectivity index (χ4v) is 2.87. The molecule has 3 aromatic carbocycles. The van der Waals surface area contributed by atoms with E-state index in [9.17, 15) is 14.9 Å². The number of aryl methyl sites for hydroxylation is 1. The number of carbonyl (C=O) groups is 1. The van der Waals surface area contributed by atoms with Crippen LogP contribution < -0.4 is 5.32 Å². The van der Waals surface area contributed by atoms with Gasteiger partial charge in [-0.1, -0.05) is 54.1 Å². The van der Waals surface area contributed by atoms with Crippen molar-refractivity contribution in [1.82, 2.24) is 5.32 Å². The Kier molecular flexibility index (Phi) is 5.61. The summed E-state index contributed by atoms with van der Waals surface area (Å²) in [5.41, 5.74) is 3.98. The third kappa shape index (κ3) is 4.58.